The van der Waals surface area contributed by atoms with Crippen molar-refractivity contribution < 1.29 is 5.11 Å². The summed E-state index contributed by atoms with van der Waals surface area (Å²) in [6.07, 6.45) is 10.6. The molecular formula is C26H32N8O. The maximum atomic E-state index is 10.3. The highest BCUT2D eigenvalue weighted by molar-refractivity contribution is 5.78. The maximum absolute atomic E-state index is 10.3. The van der Waals surface area contributed by atoms with Gasteiger partial charge in [0.1, 0.15) is 11.6 Å². The molecule has 0 spiro atoms. The lowest BCUT2D eigenvalue weighted by molar-refractivity contribution is 0.432. The molecule has 3 N–H and O–H groups in total. The molecule has 2 bridgehead atoms. The molecule has 9 heteroatoms. The smallest absolute Gasteiger partial charge is 0.206 e. The Morgan fingerprint density at radius 1 is 1.14 bits per heavy atom. The van der Waals surface area contributed by atoms with E-state index >= 15 is 0 Å². The van der Waals surface area contributed by atoms with Crippen molar-refractivity contribution in [2.75, 3.05) is 49.3 Å². The molecule has 182 valence electrons. The van der Waals surface area contributed by atoms with Gasteiger partial charge < -0.3 is 20.6 Å². The summed E-state index contributed by atoms with van der Waals surface area (Å²) in [7, 11) is 3.98. The van der Waals surface area contributed by atoms with Crippen LogP contribution in [-0.2, 0) is 0 Å². The highest BCUT2D eigenvalue weighted by Crippen LogP contribution is 2.37. The number of allylic oxidation sites excluding steroid dienone is 3. The molecule has 0 radical (unpaired) electrons. The van der Waals surface area contributed by atoms with Gasteiger partial charge in [-0.3, -0.25) is 4.90 Å². The molecule has 1 aliphatic carbocycles. The molecule has 2 aromatic rings. The quantitative estimate of drug-likeness (QED) is 0.649. The summed E-state index contributed by atoms with van der Waals surface area (Å²) in [5.74, 6) is 8.39. The molecule has 0 saturated carbocycles. The van der Waals surface area contributed by atoms with Crippen molar-refractivity contribution in [2.24, 2.45) is 0 Å². The van der Waals surface area contributed by atoms with E-state index in [1.54, 1.807) is 6.20 Å². The van der Waals surface area contributed by atoms with Gasteiger partial charge in [0.05, 0.1) is 17.9 Å². The number of fused-ring (bicyclic) bond motifs is 2. The molecule has 4 heterocycles. The predicted octanol–water partition coefficient (Wildman–Crippen LogP) is 2.63. The monoisotopic (exact) mass is 472 g/mol. The number of rotatable bonds is 4. The minimum atomic E-state index is 0.260. The third-order valence-corrected chi connectivity index (χ3v) is 6.83. The molecule has 0 amide bonds. The van der Waals surface area contributed by atoms with Crippen LogP contribution in [0.5, 0.6) is 0 Å². The molecule has 35 heavy (non-hydrogen) atoms. The summed E-state index contributed by atoms with van der Waals surface area (Å²) in [5, 5.41) is 18.9. The third kappa shape index (κ3) is 4.93. The highest BCUT2D eigenvalue weighted by Gasteiger charge is 2.38. The van der Waals surface area contributed by atoms with E-state index in [0.29, 0.717) is 36.0 Å². The van der Waals surface area contributed by atoms with Crippen LogP contribution in [0.1, 0.15) is 43.6 Å². The van der Waals surface area contributed by atoms with E-state index in [2.05, 4.69) is 36.8 Å². The lowest BCUT2D eigenvalue weighted by Gasteiger charge is -2.30. The van der Waals surface area contributed by atoms with E-state index in [1.807, 2.05) is 43.3 Å². The molecule has 3 aliphatic rings. The van der Waals surface area contributed by atoms with Gasteiger partial charge in [-0.1, -0.05) is 12.0 Å². The fourth-order valence-electron chi connectivity index (χ4n) is 5.17. The molecule has 2 atom stereocenters. The Kier molecular flexibility index (Phi) is 6.55. The van der Waals surface area contributed by atoms with Crippen LogP contribution in [0, 0.1) is 11.8 Å². The predicted molar refractivity (Wildman–Crippen MR) is 138 cm³/mol. The van der Waals surface area contributed by atoms with Gasteiger partial charge in [-0.25, -0.2) is 9.97 Å². The van der Waals surface area contributed by atoms with Crippen LogP contribution in [0.2, 0.25) is 0 Å². The van der Waals surface area contributed by atoms with Gasteiger partial charge >= 0.3 is 0 Å². The number of nitrogens with two attached hydrogens (primary N) is 1. The number of anilines is 3. The Morgan fingerprint density at radius 3 is 2.80 bits per heavy atom. The zero-order valence-electron chi connectivity index (χ0n) is 20.4. The van der Waals surface area contributed by atoms with Crippen LogP contribution in [0.15, 0.2) is 36.2 Å². The van der Waals surface area contributed by atoms with Crippen LogP contribution >= 0.6 is 0 Å². The Labute approximate surface area is 206 Å². The zero-order chi connectivity index (χ0) is 24.4. The van der Waals surface area contributed by atoms with Crippen LogP contribution in [0.4, 0.5) is 17.3 Å². The van der Waals surface area contributed by atoms with Gasteiger partial charge in [-0.2, -0.15) is 0 Å². The van der Waals surface area contributed by atoms with E-state index in [4.69, 9.17) is 10.7 Å². The van der Waals surface area contributed by atoms with Gasteiger partial charge in [0.15, 0.2) is 5.82 Å². The molecule has 2 aliphatic heterocycles. The first-order valence-electron chi connectivity index (χ1n) is 12.2. The van der Waals surface area contributed by atoms with Crippen molar-refractivity contribution in [3.8, 4) is 11.8 Å². The number of hydrogen-bond donors (Lipinski definition) is 2. The van der Waals surface area contributed by atoms with Crippen molar-refractivity contribution >= 4 is 22.9 Å². The Bertz CT molecular complexity index is 1210. The second kappa shape index (κ2) is 9.92. The second-order valence-corrected chi connectivity index (χ2v) is 9.59. The molecular weight excluding hydrogens is 440 g/mol. The molecule has 5 rings (SSSR count). The van der Waals surface area contributed by atoms with Gasteiger partial charge in [-0.15, -0.1) is 10.2 Å². The summed E-state index contributed by atoms with van der Waals surface area (Å²) in [5.41, 5.74) is 8.56. The van der Waals surface area contributed by atoms with Crippen molar-refractivity contribution in [3.05, 3.63) is 47.8 Å². The first-order valence-corrected chi connectivity index (χ1v) is 12.2. The molecule has 1 unspecified atom stereocenters. The fourth-order valence-corrected chi connectivity index (χ4v) is 5.17. The number of hydrogen-bond acceptors (Lipinski definition) is 9. The Balaban J connectivity index is 1.39. The fraction of sp³-hybridized carbons (Fsp3) is 0.462. The van der Waals surface area contributed by atoms with Gasteiger partial charge in [0, 0.05) is 36.9 Å². The molecule has 2 aromatic heterocycles. The van der Waals surface area contributed by atoms with Crippen molar-refractivity contribution in [1.29, 1.82) is 0 Å². The number of aromatic nitrogens is 4. The van der Waals surface area contributed by atoms with Gasteiger partial charge in [0.25, 0.3) is 0 Å². The first kappa shape index (κ1) is 23.1. The minimum absolute atomic E-state index is 0.260. The van der Waals surface area contributed by atoms with E-state index in [-0.39, 0.29) is 5.76 Å². The van der Waals surface area contributed by atoms with Crippen LogP contribution in [0.25, 0.3) is 5.57 Å². The second-order valence-electron chi connectivity index (χ2n) is 9.59. The highest BCUT2D eigenvalue weighted by atomic mass is 16.3. The number of nitrogen functional groups attached to an aromatic ring is 1. The summed E-state index contributed by atoms with van der Waals surface area (Å²) in [6, 6.07) is 4.67. The van der Waals surface area contributed by atoms with Crippen molar-refractivity contribution in [1.82, 2.24) is 25.1 Å². The van der Waals surface area contributed by atoms with E-state index < -0.39 is 0 Å². The molecule has 2 saturated heterocycles. The first-order chi connectivity index (χ1) is 17.0. The zero-order valence-corrected chi connectivity index (χ0v) is 20.4. The SMILES string of the molecule is CN(C)CC#Cc1nccc(N2C3CC[C@@H]2CN(c2cc(C4=CCCC=C4O)nnc2N)CC3)n1. The minimum Gasteiger partial charge on any atom is -0.508 e. The topological polar surface area (TPSA) is 108 Å². The third-order valence-electron chi connectivity index (χ3n) is 6.83. The average Bonchev–Trinajstić information content (AvgIpc) is 3.14. The summed E-state index contributed by atoms with van der Waals surface area (Å²) in [6.45, 7) is 2.36. The van der Waals surface area contributed by atoms with E-state index in [0.717, 1.165) is 62.3 Å². The van der Waals surface area contributed by atoms with Crippen molar-refractivity contribution in [3.63, 3.8) is 0 Å². The molecule has 9 nitrogen and oxygen atoms in total. The van der Waals surface area contributed by atoms with E-state index in [1.165, 1.54) is 0 Å². The van der Waals surface area contributed by atoms with Crippen LogP contribution in [-0.4, -0.2) is 76.0 Å². The van der Waals surface area contributed by atoms with Crippen LogP contribution < -0.4 is 15.5 Å². The summed E-state index contributed by atoms with van der Waals surface area (Å²) in [4.78, 5) is 15.9. The normalized spacial score (nSPS) is 21.8. The Hall–Kier alpha value is -3.64. The average molecular weight is 473 g/mol. The summed E-state index contributed by atoms with van der Waals surface area (Å²) >= 11 is 0. The number of nitrogens with zero attached hydrogens (tertiary/aromatic N) is 7. The lowest BCUT2D eigenvalue weighted by Crippen LogP contribution is -2.40. The van der Waals surface area contributed by atoms with Gasteiger partial charge in [-0.05, 0) is 70.3 Å². The lowest BCUT2D eigenvalue weighted by atomic mass is 10.0. The molecule has 2 fully saturated rings. The summed E-state index contributed by atoms with van der Waals surface area (Å²) < 4.78 is 0. The van der Waals surface area contributed by atoms with E-state index in [9.17, 15) is 5.11 Å². The maximum Gasteiger partial charge on any atom is 0.206 e. The number of aliphatic hydroxyl groups is 1. The standard InChI is InChI=1S/C26H32N8O/c1-32(2)14-5-8-24-28-13-11-25(29-24)34-18-9-10-19(34)17-33(15-12-18)22-16-21(30-31-26(22)27)20-6-3-4-7-23(20)35/h6-7,11,13,16,18-19,35H,3-4,9-10,12,14-15,17H2,1-2H3,(H2,27,31)/t18?,19-/m1/s1. The van der Waals surface area contributed by atoms with Crippen molar-refractivity contribution in [2.45, 2.75) is 44.2 Å². The largest absolute Gasteiger partial charge is 0.508 e. The molecule has 0 aromatic carbocycles. The Morgan fingerprint density at radius 2 is 1.97 bits per heavy atom. The van der Waals surface area contributed by atoms with Gasteiger partial charge in [0.2, 0.25) is 5.82 Å². The van der Waals surface area contributed by atoms with Crippen LogP contribution in [0.3, 0.4) is 0 Å². The number of aliphatic hydroxyl groups excluding tert-OH is 1.